The number of aromatic nitrogens is 3. The Labute approximate surface area is 112 Å². The number of rotatable bonds is 2. The van der Waals surface area contributed by atoms with Crippen molar-refractivity contribution in [3.05, 3.63) is 17.6 Å². The Morgan fingerprint density at radius 2 is 2.21 bits per heavy atom. The third-order valence-electron chi connectivity index (χ3n) is 4.27. The van der Waals surface area contributed by atoms with E-state index in [0.717, 1.165) is 36.0 Å². The second-order valence-electron chi connectivity index (χ2n) is 5.33. The fraction of sp³-hybridized carbons (Fsp3) is 0.571. The molecule has 1 fully saturated rings. The maximum Gasteiger partial charge on any atom is 0.146 e. The number of ether oxygens (including phenoxy) is 1. The van der Waals surface area contributed by atoms with E-state index in [0.29, 0.717) is 5.82 Å². The lowest BCUT2D eigenvalue weighted by atomic mass is 10.1. The topological polar surface area (TPSA) is 66.0 Å². The molecule has 102 valence electrons. The molecule has 3 rings (SSSR count). The fourth-order valence-corrected chi connectivity index (χ4v) is 3.10. The van der Waals surface area contributed by atoms with E-state index in [-0.39, 0.29) is 12.1 Å². The molecule has 2 N–H and O–H groups in total. The van der Waals surface area contributed by atoms with E-state index in [2.05, 4.69) is 35.3 Å². The maximum absolute atomic E-state index is 6.00. The van der Waals surface area contributed by atoms with E-state index in [1.165, 1.54) is 12.0 Å². The van der Waals surface area contributed by atoms with Gasteiger partial charge in [-0.15, -0.1) is 0 Å². The fourth-order valence-electron chi connectivity index (χ4n) is 3.10. The summed E-state index contributed by atoms with van der Waals surface area (Å²) in [6.07, 6.45) is 4.06. The van der Waals surface area contributed by atoms with Gasteiger partial charge in [0.2, 0.25) is 0 Å². The van der Waals surface area contributed by atoms with E-state index in [1.54, 1.807) is 0 Å². The van der Waals surface area contributed by atoms with Crippen molar-refractivity contribution in [2.75, 3.05) is 12.3 Å². The Morgan fingerprint density at radius 1 is 1.42 bits per heavy atom. The van der Waals surface area contributed by atoms with Crippen LogP contribution in [0.25, 0.3) is 11.0 Å². The standard InChI is InChI=1S/C14H20N4O/c1-8-9(2)18(10(3)11-5-4-6-19-11)14-12(8)13(15)16-7-17-14/h7,10-11H,4-6H2,1-3H3,(H2,15,16,17). The highest BCUT2D eigenvalue weighted by Crippen LogP contribution is 2.33. The predicted molar refractivity (Wildman–Crippen MR) is 75.1 cm³/mol. The zero-order valence-electron chi connectivity index (χ0n) is 11.7. The normalized spacial score (nSPS) is 21.1. The first-order chi connectivity index (χ1) is 9.11. The second-order valence-corrected chi connectivity index (χ2v) is 5.33. The molecule has 0 bridgehead atoms. The van der Waals surface area contributed by atoms with E-state index in [1.807, 2.05) is 0 Å². The largest absolute Gasteiger partial charge is 0.383 e. The van der Waals surface area contributed by atoms with Gasteiger partial charge >= 0.3 is 0 Å². The Hall–Kier alpha value is -1.62. The predicted octanol–water partition coefficient (Wildman–Crippen LogP) is 2.37. The summed E-state index contributed by atoms with van der Waals surface area (Å²) in [7, 11) is 0. The van der Waals surface area contributed by atoms with Gasteiger partial charge in [0.1, 0.15) is 17.8 Å². The molecule has 2 aromatic heterocycles. The van der Waals surface area contributed by atoms with Crippen LogP contribution in [0.2, 0.25) is 0 Å². The first-order valence-electron chi connectivity index (χ1n) is 6.80. The molecule has 2 atom stereocenters. The van der Waals surface area contributed by atoms with Crippen molar-refractivity contribution in [3.8, 4) is 0 Å². The highest BCUT2D eigenvalue weighted by Gasteiger charge is 2.27. The average molecular weight is 260 g/mol. The number of fused-ring (bicyclic) bond motifs is 1. The molecule has 19 heavy (non-hydrogen) atoms. The van der Waals surface area contributed by atoms with Crippen LogP contribution in [0.3, 0.4) is 0 Å². The number of nitrogen functional groups attached to an aromatic ring is 1. The molecule has 1 aliphatic rings. The number of nitrogens with two attached hydrogens (primary N) is 1. The molecule has 0 saturated carbocycles. The van der Waals surface area contributed by atoms with E-state index >= 15 is 0 Å². The minimum absolute atomic E-state index is 0.268. The number of anilines is 1. The molecule has 1 saturated heterocycles. The zero-order valence-corrected chi connectivity index (χ0v) is 11.7. The van der Waals surface area contributed by atoms with Crippen LogP contribution < -0.4 is 5.73 Å². The van der Waals surface area contributed by atoms with Crippen LogP contribution in [-0.4, -0.2) is 27.2 Å². The third kappa shape index (κ3) is 1.80. The highest BCUT2D eigenvalue weighted by molar-refractivity contribution is 5.90. The first-order valence-corrected chi connectivity index (χ1v) is 6.80. The molecule has 0 aliphatic carbocycles. The Morgan fingerprint density at radius 3 is 2.89 bits per heavy atom. The van der Waals surface area contributed by atoms with Crippen LogP contribution in [0.4, 0.5) is 5.82 Å². The molecule has 2 aromatic rings. The Kier molecular flexibility index (Phi) is 2.93. The summed E-state index contributed by atoms with van der Waals surface area (Å²) in [5, 5.41) is 0.977. The first kappa shape index (κ1) is 12.4. The van der Waals surface area contributed by atoms with E-state index in [4.69, 9.17) is 10.5 Å². The van der Waals surface area contributed by atoms with Crippen molar-refractivity contribution >= 4 is 16.9 Å². The average Bonchev–Trinajstić information content (AvgIpc) is 2.99. The third-order valence-corrected chi connectivity index (χ3v) is 4.27. The van der Waals surface area contributed by atoms with Gasteiger partial charge in [0, 0.05) is 12.3 Å². The van der Waals surface area contributed by atoms with Gasteiger partial charge in [-0.2, -0.15) is 0 Å². The molecule has 1 aliphatic heterocycles. The van der Waals surface area contributed by atoms with Gasteiger partial charge in [0.05, 0.1) is 17.5 Å². The van der Waals surface area contributed by atoms with Crippen LogP contribution in [0, 0.1) is 13.8 Å². The SMILES string of the molecule is Cc1c(C)n(C(C)C2CCCO2)c2ncnc(N)c12. The number of aryl methyl sites for hydroxylation is 1. The van der Waals surface area contributed by atoms with Gasteiger partial charge < -0.3 is 15.0 Å². The number of hydrogen-bond acceptors (Lipinski definition) is 4. The van der Waals surface area contributed by atoms with Gasteiger partial charge in [-0.3, -0.25) is 0 Å². The van der Waals surface area contributed by atoms with Crippen molar-refractivity contribution < 1.29 is 4.74 Å². The summed E-state index contributed by atoms with van der Waals surface area (Å²) in [4.78, 5) is 8.53. The maximum atomic E-state index is 6.00. The molecule has 2 unspecified atom stereocenters. The second kappa shape index (κ2) is 4.49. The Balaban J connectivity index is 2.17. The van der Waals surface area contributed by atoms with Crippen LogP contribution in [-0.2, 0) is 4.74 Å². The summed E-state index contributed by atoms with van der Waals surface area (Å²) in [5.74, 6) is 0.559. The summed E-state index contributed by atoms with van der Waals surface area (Å²) in [5.41, 5.74) is 9.28. The lowest BCUT2D eigenvalue weighted by Crippen LogP contribution is -2.22. The molecule has 0 radical (unpaired) electrons. The molecule has 0 amide bonds. The summed E-state index contributed by atoms with van der Waals surface area (Å²) in [6.45, 7) is 7.25. The minimum atomic E-state index is 0.268. The van der Waals surface area contributed by atoms with Gasteiger partial charge in [0.25, 0.3) is 0 Å². The smallest absolute Gasteiger partial charge is 0.146 e. The monoisotopic (exact) mass is 260 g/mol. The number of nitrogens with zero attached hydrogens (tertiary/aromatic N) is 3. The molecule has 5 nitrogen and oxygen atoms in total. The van der Waals surface area contributed by atoms with Gasteiger partial charge in [0.15, 0.2) is 0 Å². The van der Waals surface area contributed by atoms with Crippen molar-refractivity contribution in [2.24, 2.45) is 0 Å². The van der Waals surface area contributed by atoms with Crippen molar-refractivity contribution in [3.63, 3.8) is 0 Å². The minimum Gasteiger partial charge on any atom is -0.383 e. The molecule has 3 heterocycles. The summed E-state index contributed by atoms with van der Waals surface area (Å²) in [6, 6.07) is 0.271. The van der Waals surface area contributed by atoms with Crippen molar-refractivity contribution in [2.45, 2.75) is 45.8 Å². The van der Waals surface area contributed by atoms with E-state index < -0.39 is 0 Å². The molecule has 0 spiro atoms. The lowest BCUT2D eigenvalue weighted by Gasteiger charge is -2.22. The van der Waals surface area contributed by atoms with Crippen LogP contribution in [0.15, 0.2) is 6.33 Å². The molecule has 0 aromatic carbocycles. The van der Waals surface area contributed by atoms with Crippen LogP contribution in [0.5, 0.6) is 0 Å². The van der Waals surface area contributed by atoms with Gasteiger partial charge in [-0.25, -0.2) is 9.97 Å². The molecular weight excluding hydrogens is 240 g/mol. The highest BCUT2D eigenvalue weighted by atomic mass is 16.5. The van der Waals surface area contributed by atoms with Crippen molar-refractivity contribution in [1.29, 1.82) is 0 Å². The zero-order chi connectivity index (χ0) is 13.6. The number of hydrogen-bond donors (Lipinski definition) is 1. The summed E-state index contributed by atoms with van der Waals surface area (Å²) >= 11 is 0. The van der Waals surface area contributed by atoms with E-state index in [9.17, 15) is 0 Å². The molecular formula is C14H20N4O. The van der Waals surface area contributed by atoms with Crippen molar-refractivity contribution in [1.82, 2.24) is 14.5 Å². The van der Waals surface area contributed by atoms with Crippen LogP contribution in [0.1, 0.15) is 37.1 Å². The van der Waals surface area contributed by atoms with Gasteiger partial charge in [-0.1, -0.05) is 0 Å². The summed E-state index contributed by atoms with van der Waals surface area (Å²) < 4.78 is 8.07. The van der Waals surface area contributed by atoms with Gasteiger partial charge in [-0.05, 0) is 39.2 Å². The van der Waals surface area contributed by atoms with Crippen LogP contribution >= 0.6 is 0 Å². The lowest BCUT2D eigenvalue weighted by molar-refractivity contribution is 0.0739. The molecule has 5 heteroatoms. The quantitative estimate of drug-likeness (QED) is 0.900. The Bertz CT molecular complexity index is 613.